The van der Waals surface area contributed by atoms with Crippen molar-refractivity contribution in [3.63, 3.8) is 0 Å². The first-order chi connectivity index (χ1) is 12.6. The Balaban J connectivity index is 1.55. The van der Waals surface area contributed by atoms with Gasteiger partial charge in [0.15, 0.2) is 5.82 Å². The third kappa shape index (κ3) is 3.10. The zero-order chi connectivity index (χ0) is 18.1. The number of carbonyl (C=O) groups is 1. The van der Waals surface area contributed by atoms with Crippen LogP contribution >= 0.6 is 0 Å². The second kappa shape index (κ2) is 6.71. The van der Waals surface area contributed by atoms with Crippen LogP contribution < -0.4 is 4.90 Å². The molecular weight excluding hydrogens is 328 g/mol. The fourth-order valence-corrected chi connectivity index (χ4v) is 3.19. The minimum Gasteiger partial charge on any atom is -0.334 e. The molecule has 3 aromatic rings. The second-order valence-electron chi connectivity index (χ2n) is 6.85. The zero-order valence-electron chi connectivity index (χ0n) is 14.8. The molecule has 6 nitrogen and oxygen atoms in total. The fraction of sp³-hybridized carbons (Fsp3) is 0.300. The Bertz CT molecular complexity index is 920. The Morgan fingerprint density at radius 2 is 2.00 bits per heavy atom. The summed E-state index contributed by atoms with van der Waals surface area (Å²) in [4.78, 5) is 22.8. The summed E-state index contributed by atoms with van der Waals surface area (Å²) in [6, 6.07) is 11.8. The van der Waals surface area contributed by atoms with Crippen molar-refractivity contribution in [2.24, 2.45) is 0 Å². The minimum atomic E-state index is -0.0652. The van der Waals surface area contributed by atoms with Gasteiger partial charge in [0.25, 0.3) is 5.89 Å². The Kier molecular flexibility index (Phi) is 4.24. The Labute approximate surface area is 151 Å². The van der Waals surface area contributed by atoms with Gasteiger partial charge >= 0.3 is 0 Å². The highest BCUT2D eigenvalue weighted by Gasteiger charge is 2.34. The van der Waals surface area contributed by atoms with Crippen LogP contribution in [0.5, 0.6) is 0 Å². The molecule has 4 rings (SSSR count). The molecule has 0 spiro atoms. The number of aromatic nitrogens is 3. The number of hydrogen-bond donors (Lipinski definition) is 0. The largest absolute Gasteiger partial charge is 0.334 e. The van der Waals surface area contributed by atoms with Crippen LogP contribution in [-0.2, 0) is 4.79 Å². The van der Waals surface area contributed by atoms with Gasteiger partial charge < -0.3 is 9.42 Å². The molecule has 1 atom stereocenters. The van der Waals surface area contributed by atoms with E-state index in [1.807, 2.05) is 29.2 Å². The van der Waals surface area contributed by atoms with Gasteiger partial charge in [0, 0.05) is 42.5 Å². The number of hydrogen-bond acceptors (Lipinski definition) is 5. The maximum atomic E-state index is 12.5. The summed E-state index contributed by atoms with van der Waals surface area (Å²) >= 11 is 0. The number of nitrogens with zero attached hydrogens (tertiary/aromatic N) is 4. The van der Waals surface area contributed by atoms with Crippen molar-refractivity contribution in [3.8, 4) is 11.5 Å². The van der Waals surface area contributed by atoms with Crippen LogP contribution in [0.1, 0.15) is 43.5 Å². The second-order valence-corrected chi connectivity index (χ2v) is 6.85. The number of rotatable bonds is 4. The van der Waals surface area contributed by atoms with E-state index in [0.717, 1.165) is 11.3 Å². The average molecular weight is 348 g/mol. The molecule has 0 bridgehead atoms. The van der Waals surface area contributed by atoms with E-state index in [2.05, 4.69) is 41.1 Å². The first kappa shape index (κ1) is 16.4. The van der Waals surface area contributed by atoms with Crippen LogP contribution in [0.15, 0.2) is 53.3 Å². The van der Waals surface area contributed by atoms with Gasteiger partial charge in [-0.2, -0.15) is 4.98 Å². The van der Waals surface area contributed by atoms with Crippen molar-refractivity contribution >= 4 is 11.6 Å². The molecule has 132 valence electrons. The van der Waals surface area contributed by atoms with Crippen LogP contribution in [0.2, 0.25) is 0 Å². The van der Waals surface area contributed by atoms with Gasteiger partial charge in [-0.05, 0) is 35.7 Å². The molecular formula is C20H20N4O2. The van der Waals surface area contributed by atoms with Gasteiger partial charge in [0.05, 0.1) is 0 Å². The van der Waals surface area contributed by atoms with Gasteiger partial charge in [-0.3, -0.25) is 9.78 Å². The van der Waals surface area contributed by atoms with E-state index in [4.69, 9.17) is 4.52 Å². The molecule has 1 amide bonds. The van der Waals surface area contributed by atoms with Crippen LogP contribution in [0.25, 0.3) is 11.5 Å². The lowest BCUT2D eigenvalue weighted by atomic mass is 10.0. The van der Waals surface area contributed by atoms with Gasteiger partial charge in [0.1, 0.15) is 0 Å². The van der Waals surface area contributed by atoms with E-state index < -0.39 is 0 Å². The van der Waals surface area contributed by atoms with Gasteiger partial charge in [-0.15, -0.1) is 0 Å². The fourth-order valence-electron chi connectivity index (χ4n) is 3.19. The molecule has 1 saturated heterocycles. The number of amides is 1. The highest BCUT2D eigenvalue weighted by molar-refractivity contribution is 5.96. The van der Waals surface area contributed by atoms with E-state index in [0.29, 0.717) is 30.6 Å². The molecule has 1 aliphatic heterocycles. The quantitative estimate of drug-likeness (QED) is 0.717. The van der Waals surface area contributed by atoms with Crippen molar-refractivity contribution in [1.82, 2.24) is 15.1 Å². The third-order valence-electron chi connectivity index (χ3n) is 4.71. The Morgan fingerprint density at radius 1 is 1.19 bits per heavy atom. The highest BCUT2D eigenvalue weighted by Crippen LogP contribution is 2.32. The van der Waals surface area contributed by atoms with E-state index in [9.17, 15) is 4.79 Å². The topological polar surface area (TPSA) is 72.1 Å². The lowest BCUT2D eigenvalue weighted by Gasteiger charge is -2.18. The van der Waals surface area contributed by atoms with Crippen molar-refractivity contribution in [2.75, 3.05) is 11.4 Å². The molecule has 1 aliphatic rings. The third-order valence-corrected chi connectivity index (χ3v) is 4.71. The molecule has 2 aromatic heterocycles. The van der Waals surface area contributed by atoms with Crippen LogP contribution in [-0.4, -0.2) is 27.6 Å². The predicted molar refractivity (Wildman–Crippen MR) is 97.8 cm³/mol. The number of anilines is 1. The SMILES string of the molecule is CC(C)c1cccc(N2CC(c3noc(-c4ccncc4)n3)CC2=O)c1. The molecule has 6 heteroatoms. The van der Waals surface area contributed by atoms with Gasteiger partial charge in [-0.25, -0.2) is 0 Å². The van der Waals surface area contributed by atoms with Crippen molar-refractivity contribution in [2.45, 2.75) is 32.1 Å². The smallest absolute Gasteiger partial charge is 0.258 e. The summed E-state index contributed by atoms with van der Waals surface area (Å²) < 4.78 is 5.37. The molecule has 1 fully saturated rings. The lowest BCUT2D eigenvalue weighted by molar-refractivity contribution is -0.117. The average Bonchev–Trinajstić information content (AvgIpc) is 3.29. The first-order valence-corrected chi connectivity index (χ1v) is 8.76. The minimum absolute atomic E-state index is 0.0652. The van der Waals surface area contributed by atoms with Crippen LogP contribution in [0.3, 0.4) is 0 Å². The summed E-state index contributed by atoms with van der Waals surface area (Å²) in [5.41, 5.74) is 2.98. The number of carbonyl (C=O) groups excluding carboxylic acids is 1. The Hall–Kier alpha value is -3.02. The number of pyridine rings is 1. The molecule has 0 saturated carbocycles. The molecule has 0 radical (unpaired) electrons. The van der Waals surface area contributed by atoms with E-state index >= 15 is 0 Å². The molecule has 26 heavy (non-hydrogen) atoms. The molecule has 1 unspecified atom stereocenters. The molecule has 3 heterocycles. The zero-order valence-corrected chi connectivity index (χ0v) is 14.8. The first-order valence-electron chi connectivity index (χ1n) is 8.76. The maximum Gasteiger partial charge on any atom is 0.258 e. The summed E-state index contributed by atoms with van der Waals surface area (Å²) in [5, 5.41) is 4.10. The van der Waals surface area contributed by atoms with Crippen LogP contribution in [0, 0.1) is 0 Å². The van der Waals surface area contributed by atoms with Crippen molar-refractivity contribution in [1.29, 1.82) is 0 Å². The van der Waals surface area contributed by atoms with Crippen molar-refractivity contribution in [3.05, 3.63) is 60.2 Å². The van der Waals surface area contributed by atoms with Gasteiger partial charge in [-0.1, -0.05) is 31.1 Å². The standard InChI is InChI=1S/C20H20N4O2/c1-13(2)15-4-3-5-17(10-15)24-12-16(11-18(24)25)19-22-20(26-23-19)14-6-8-21-9-7-14/h3-10,13,16H,11-12H2,1-2H3. The molecule has 1 aromatic carbocycles. The normalized spacial score (nSPS) is 17.3. The van der Waals surface area contributed by atoms with E-state index in [-0.39, 0.29) is 11.8 Å². The van der Waals surface area contributed by atoms with Gasteiger partial charge in [0.2, 0.25) is 5.91 Å². The molecule has 0 aliphatic carbocycles. The van der Waals surface area contributed by atoms with Crippen molar-refractivity contribution < 1.29 is 9.32 Å². The molecule has 0 N–H and O–H groups in total. The monoisotopic (exact) mass is 348 g/mol. The summed E-state index contributed by atoms with van der Waals surface area (Å²) in [7, 11) is 0. The number of benzene rings is 1. The van der Waals surface area contributed by atoms with E-state index in [1.54, 1.807) is 12.4 Å². The predicted octanol–water partition coefficient (Wildman–Crippen LogP) is 3.78. The van der Waals surface area contributed by atoms with E-state index in [1.165, 1.54) is 5.56 Å². The Morgan fingerprint density at radius 3 is 2.77 bits per heavy atom. The highest BCUT2D eigenvalue weighted by atomic mass is 16.5. The maximum absolute atomic E-state index is 12.5. The summed E-state index contributed by atoms with van der Waals surface area (Å²) in [6.45, 7) is 4.86. The van der Waals surface area contributed by atoms with Crippen LogP contribution in [0.4, 0.5) is 5.69 Å². The summed E-state index contributed by atoms with van der Waals surface area (Å²) in [5.74, 6) is 1.47. The lowest BCUT2D eigenvalue weighted by Crippen LogP contribution is -2.24. The summed E-state index contributed by atoms with van der Waals surface area (Å²) in [6.07, 6.45) is 3.75.